The summed E-state index contributed by atoms with van der Waals surface area (Å²) in [6.45, 7) is 3.00. The number of carbonyl (C=O) groups is 1. The summed E-state index contributed by atoms with van der Waals surface area (Å²) >= 11 is 0. The van der Waals surface area contributed by atoms with Gasteiger partial charge in [-0.2, -0.15) is 0 Å². The normalized spacial score (nSPS) is 24.3. The Morgan fingerprint density at radius 3 is 2.78 bits per heavy atom. The van der Waals surface area contributed by atoms with Gasteiger partial charge in [0, 0.05) is 18.7 Å². The van der Waals surface area contributed by atoms with Gasteiger partial charge in [-0.3, -0.25) is 9.69 Å². The Morgan fingerprint density at radius 2 is 2.22 bits per heavy atom. The Labute approximate surface area is 105 Å². The molecule has 0 aliphatic carbocycles. The second kappa shape index (κ2) is 4.94. The Kier molecular flexibility index (Phi) is 3.52. The topological polar surface area (TPSA) is 60.8 Å². The second-order valence-electron chi connectivity index (χ2n) is 4.76. The van der Waals surface area contributed by atoms with Gasteiger partial charge in [0.2, 0.25) is 0 Å². The molecule has 18 heavy (non-hydrogen) atoms. The largest absolute Gasteiger partial charge is 0.508 e. The van der Waals surface area contributed by atoms with E-state index < -0.39 is 11.8 Å². The van der Waals surface area contributed by atoms with Crippen molar-refractivity contribution >= 4 is 5.97 Å². The zero-order chi connectivity index (χ0) is 13.3. The molecule has 2 unspecified atom stereocenters. The number of nitrogens with zero attached hydrogens (tertiary/aromatic N) is 1. The lowest BCUT2D eigenvalue weighted by molar-refractivity contribution is -0.142. The number of rotatable bonds is 3. The van der Waals surface area contributed by atoms with Gasteiger partial charge in [-0.25, -0.2) is 4.39 Å². The molecule has 2 atom stereocenters. The van der Waals surface area contributed by atoms with Crippen molar-refractivity contribution in [2.24, 2.45) is 5.92 Å². The molecule has 0 saturated carbocycles. The van der Waals surface area contributed by atoms with Crippen molar-refractivity contribution in [1.29, 1.82) is 0 Å². The van der Waals surface area contributed by atoms with Gasteiger partial charge in [-0.1, -0.05) is 0 Å². The van der Waals surface area contributed by atoms with Crippen molar-refractivity contribution in [2.45, 2.75) is 25.9 Å². The maximum Gasteiger partial charge on any atom is 0.308 e. The third kappa shape index (κ3) is 2.61. The number of benzene rings is 1. The van der Waals surface area contributed by atoms with Crippen LogP contribution >= 0.6 is 0 Å². The van der Waals surface area contributed by atoms with Gasteiger partial charge in [0.05, 0.1) is 5.92 Å². The van der Waals surface area contributed by atoms with Crippen LogP contribution in [0.2, 0.25) is 0 Å². The Morgan fingerprint density at radius 1 is 1.50 bits per heavy atom. The molecule has 4 nitrogen and oxygen atoms in total. The minimum absolute atomic E-state index is 0.0760. The molecule has 1 aliphatic heterocycles. The van der Waals surface area contributed by atoms with Crippen molar-refractivity contribution in [2.75, 3.05) is 6.54 Å². The van der Waals surface area contributed by atoms with E-state index in [9.17, 15) is 14.3 Å². The second-order valence-corrected chi connectivity index (χ2v) is 4.76. The van der Waals surface area contributed by atoms with Crippen molar-refractivity contribution in [3.63, 3.8) is 0 Å². The van der Waals surface area contributed by atoms with E-state index in [4.69, 9.17) is 5.11 Å². The van der Waals surface area contributed by atoms with Crippen LogP contribution in [0.3, 0.4) is 0 Å². The first kappa shape index (κ1) is 12.8. The van der Waals surface area contributed by atoms with Crippen LogP contribution in [0.5, 0.6) is 5.75 Å². The van der Waals surface area contributed by atoms with E-state index >= 15 is 0 Å². The van der Waals surface area contributed by atoms with E-state index in [1.54, 1.807) is 0 Å². The van der Waals surface area contributed by atoms with Gasteiger partial charge < -0.3 is 10.2 Å². The number of phenols is 1. The molecular formula is C13H16FNO3. The number of aromatic hydroxyl groups is 1. The third-order valence-corrected chi connectivity index (χ3v) is 3.53. The Hall–Kier alpha value is -1.62. The van der Waals surface area contributed by atoms with Crippen LogP contribution in [0.1, 0.15) is 18.9 Å². The van der Waals surface area contributed by atoms with Gasteiger partial charge in [0.1, 0.15) is 11.6 Å². The number of halogens is 1. The third-order valence-electron chi connectivity index (χ3n) is 3.53. The van der Waals surface area contributed by atoms with Crippen LogP contribution in [0.15, 0.2) is 18.2 Å². The maximum atomic E-state index is 13.1. The molecule has 1 fully saturated rings. The fourth-order valence-corrected chi connectivity index (χ4v) is 2.52. The average molecular weight is 253 g/mol. The molecule has 0 bridgehead atoms. The molecule has 2 N–H and O–H groups in total. The van der Waals surface area contributed by atoms with Crippen LogP contribution in [0.25, 0.3) is 0 Å². The number of hydrogen-bond acceptors (Lipinski definition) is 3. The van der Waals surface area contributed by atoms with Gasteiger partial charge in [0.15, 0.2) is 0 Å². The predicted octanol–water partition coefficient (Wildman–Crippen LogP) is 1.83. The van der Waals surface area contributed by atoms with E-state index in [1.165, 1.54) is 12.1 Å². The zero-order valence-electron chi connectivity index (χ0n) is 10.1. The summed E-state index contributed by atoms with van der Waals surface area (Å²) in [6, 6.07) is 3.84. The highest BCUT2D eigenvalue weighted by Gasteiger charge is 2.35. The summed E-state index contributed by atoms with van der Waals surface area (Å²) < 4.78 is 13.1. The number of hydrogen-bond donors (Lipinski definition) is 2. The van der Waals surface area contributed by atoms with E-state index in [-0.39, 0.29) is 17.7 Å². The highest BCUT2D eigenvalue weighted by atomic mass is 19.1. The lowest BCUT2D eigenvalue weighted by atomic mass is 10.0. The maximum absolute atomic E-state index is 13.1. The van der Waals surface area contributed by atoms with E-state index in [0.29, 0.717) is 25.1 Å². The average Bonchev–Trinajstić information content (AvgIpc) is 2.59. The monoisotopic (exact) mass is 253 g/mol. The predicted molar refractivity (Wildman–Crippen MR) is 63.7 cm³/mol. The van der Waals surface area contributed by atoms with Gasteiger partial charge in [-0.15, -0.1) is 0 Å². The van der Waals surface area contributed by atoms with E-state index in [2.05, 4.69) is 0 Å². The van der Waals surface area contributed by atoms with E-state index in [0.717, 1.165) is 6.07 Å². The molecule has 0 amide bonds. The first-order chi connectivity index (χ1) is 8.47. The van der Waals surface area contributed by atoms with Crippen molar-refractivity contribution < 1.29 is 19.4 Å². The van der Waals surface area contributed by atoms with Crippen molar-refractivity contribution in [1.82, 2.24) is 4.90 Å². The molecule has 0 spiro atoms. The molecule has 1 heterocycles. The molecular weight excluding hydrogens is 237 g/mol. The number of carboxylic acid groups (broad SMARTS) is 1. The first-order valence-corrected chi connectivity index (χ1v) is 5.92. The summed E-state index contributed by atoms with van der Waals surface area (Å²) in [4.78, 5) is 13.0. The lowest BCUT2D eigenvalue weighted by Crippen LogP contribution is -2.32. The number of phenolic OH excluding ortho intramolecular Hbond substituents is 1. The highest BCUT2D eigenvalue weighted by molar-refractivity contribution is 5.71. The number of likely N-dealkylation sites (tertiary alicyclic amines) is 1. The van der Waals surface area contributed by atoms with Crippen LogP contribution in [0.4, 0.5) is 4.39 Å². The first-order valence-electron chi connectivity index (χ1n) is 5.92. The van der Waals surface area contributed by atoms with E-state index in [1.807, 2.05) is 11.8 Å². The van der Waals surface area contributed by atoms with Gasteiger partial charge >= 0.3 is 5.97 Å². The number of aliphatic carboxylic acids is 1. The van der Waals surface area contributed by atoms with Crippen molar-refractivity contribution in [3.05, 3.63) is 29.6 Å². The molecule has 5 heteroatoms. The fraction of sp³-hybridized carbons (Fsp3) is 0.462. The molecule has 0 radical (unpaired) electrons. The molecule has 0 aromatic heterocycles. The lowest BCUT2D eigenvalue weighted by Gasteiger charge is -2.23. The van der Waals surface area contributed by atoms with Crippen LogP contribution in [-0.4, -0.2) is 33.7 Å². The molecule has 1 aromatic rings. The summed E-state index contributed by atoms with van der Waals surface area (Å²) in [5, 5.41) is 18.4. The van der Waals surface area contributed by atoms with Gasteiger partial charge in [0.25, 0.3) is 0 Å². The summed E-state index contributed by atoms with van der Waals surface area (Å²) in [6.07, 6.45) is 0.609. The summed E-state index contributed by atoms with van der Waals surface area (Å²) in [5.74, 6) is -1.74. The summed E-state index contributed by atoms with van der Waals surface area (Å²) in [7, 11) is 0. The highest BCUT2D eigenvalue weighted by Crippen LogP contribution is 2.27. The number of carboxylic acids is 1. The Balaban J connectivity index is 2.08. The SMILES string of the molecule is CC1C(C(=O)O)CCN1Cc1cc(O)cc(F)c1. The molecule has 1 aliphatic rings. The zero-order valence-corrected chi connectivity index (χ0v) is 10.1. The van der Waals surface area contributed by atoms with Gasteiger partial charge in [-0.05, 0) is 37.6 Å². The van der Waals surface area contributed by atoms with Crippen LogP contribution in [0, 0.1) is 11.7 Å². The standard InChI is InChI=1S/C13H16FNO3/c1-8-12(13(17)18)2-3-15(8)7-9-4-10(14)6-11(16)5-9/h4-6,8,12,16H,2-3,7H2,1H3,(H,17,18). The smallest absolute Gasteiger partial charge is 0.308 e. The van der Waals surface area contributed by atoms with Crippen LogP contribution < -0.4 is 0 Å². The quantitative estimate of drug-likeness (QED) is 0.862. The molecule has 1 aromatic carbocycles. The molecule has 98 valence electrons. The molecule has 2 rings (SSSR count). The van der Waals surface area contributed by atoms with Crippen LogP contribution in [-0.2, 0) is 11.3 Å². The minimum atomic E-state index is -0.785. The Bertz CT molecular complexity index is 443. The summed E-state index contributed by atoms with van der Waals surface area (Å²) in [5.41, 5.74) is 0.658. The van der Waals surface area contributed by atoms with Crippen molar-refractivity contribution in [3.8, 4) is 5.75 Å². The minimum Gasteiger partial charge on any atom is -0.508 e. The molecule has 1 saturated heterocycles. The fourth-order valence-electron chi connectivity index (χ4n) is 2.52.